The van der Waals surface area contributed by atoms with Gasteiger partial charge in [-0.1, -0.05) is 36.4 Å². The van der Waals surface area contributed by atoms with Crippen LogP contribution in [0.1, 0.15) is 17.4 Å². The molecule has 0 saturated carbocycles. The summed E-state index contributed by atoms with van der Waals surface area (Å²) in [6.07, 6.45) is -0.180. The molecular formula is C14H11NOS. The normalized spacial score (nSPS) is 17.4. The molecule has 0 aliphatic carbocycles. The summed E-state index contributed by atoms with van der Waals surface area (Å²) in [7, 11) is 0. The van der Waals surface area contributed by atoms with Crippen LogP contribution in [-0.2, 0) is 4.74 Å². The van der Waals surface area contributed by atoms with Crippen LogP contribution in [0.4, 0.5) is 5.69 Å². The average molecular weight is 241 g/mol. The Balaban J connectivity index is 1.90. The molecule has 1 heterocycles. The van der Waals surface area contributed by atoms with Gasteiger partial charge in [0.05, 0.1) is 0 Å². The predicted octanol–water partition coefficient (Wildman–Crippen LogP) is 3.50. The fraction of sp³-hybridized carbons (Fsp3) is 0.0714. The summed E-state index contributed by atoms with van der Waals surface area (Å²) in [5.41, 5.74) is 3.13. The van der Waals surface area contributed by atoms with E-state index in [1.807, 2.05) is 54.6 Å². The third kappa shape index (κ3) is 1.89. The van der Waals surface area contributed by atoms with E-state index in [0.717, 1.165) is 16.8 Å². The van der Waals surface area contributed by atoms with Crippen LogP contribution in [-0.4, -0.2) is 5.05 Å². The minimum atomic E-state index is -0.180. The number of benzene rings is 2. The second kappa shape index (κ2) is 4.18. The van der Waals surface area contributed by atoms with Crippen LogP contribution < -0.4 is 5.32 Å². The van der Waals surface area contributed by atoms with Gasteiger partial charge in [0.1, 0.15) is 0 Å². The summed E-state index contributed by atoms with van der Waals surface area (Å²) in [5.74, 6) is 0. The molecule has 0 saturated heterocycles. The van der Waals surface area contributed by atoms with Gasteiger partial charge in [0, 0.05) is 16.8 Å². The Kier molecular flexibility index (Phi) is 2.53. The monoisotopic (exact) mass is 241 g/mol. The second-order valence-corrected chi connectivity index (χ2v) is 4.25. The number of para-hydroxylation sites is 1. The van der Waals surface area contributed by atoms with E-state index < -0.39 is 0 Å². The molecule has 84 valence electrons. The van der Waals surface area contributed by atoms with Crippen molar-refractivity contribution in [3.8, 4) is 0 Å². The van der Waals surface area contributed by atoms with Gasteiger partial charge in [-0.25, -0.2) is 0 Å². The highest BCUT2D eigenvalue weighted by molar-refractivity contribution is 7.80. The van der Waals surface area contributed by atoms with E-state index in [-0.39, 0.29) is 6.23 Å². The molecule has 0 bridgehead atoms. The third-order valence-electron chi connectivity index (χ3n) is 2.76. The van der Waals surface area contributed by atoms with Gasteiger partial charge in [0.2, 0.25) is 0 Å². The molecule has 2 aromatic rings. The zero-order chi connectivity index (χ0) is 11.7. The third-order valence-corrected chi connectivity index (χ3v) is 3.08. The lowest BCUT2D eigenvalue weighted by Crippen LogP contribution is -2.09. The van der Waals surface area contributed by atoms with E-state index in [2.05, 4.69) is 5.32 Å². The van der Waals surface area contributed by atoms with Crippen molar-refractivity contribution in [2.75, 3.05) is 5.32 Å². The molecule has 1 aliphatic heterocycles. The van der Waals surface area contributed by atoms with Gasteiger partial charge in [-0.05, 0) is 30.4 Å². The Morgan fingerprint density at radius 3 is 2.47 bits per heavy atom. The molecule has 17 heavy (non-hydrogen) atoms. The first-order valence-corrected chi connectivity index (χ1v) is 5.87. The molecule has 1 aliphatic rings. The van der Waals surface area contributed by atoms with Crippen LogP contribution >= 0.6 is 12.2 Å². The summed E-state index contributed by atoms with van der Waals surface area (Å²) in [6, 6.07) is 18.0. The smallest absolute Gasteiger partial charge is 0.198 e. The molecule has 1 unspecified atom stereocenters. The van der Waals surface area contributed by atoms with E-state index >= 15 is 0 Å². The van der Waals surface area contributed by atoms with Crippen LogP contribution in [0.15, 0.2) is 54.6 Å². The molecular weight excluding hydrogens is 230 g/mol. The summed E-state index contributed by atoms with van der Waals surface area (Å²) in [5, 5.41) is 3.88. The lowest BCUT2D eigenvalue weighted by atomic mass is 10.1. The minimum Gasteiger partial charge on any atom is -0.455 e. The Morgan fingerprint density at radius 2 is 1.65 bits per heavy atom. The maximum absolute atomic E-state index is 5.66. The fourth-order valence-electron chi connectivity index (χ4n) is 1.94. The van der Waals surface area contributed by atoms with Crippen molar-refractivity contribution in [3.63, 3.8) is 0 Å². The molecule has 0 spiro atoms. The lowest BCUT2D eigenvalue weighted by Gasteiger charge is -2.14. The first-order valence-electron chi connectivity index (χ1n) is 5.46. The quantitative estimate of drug-likeness (QED) is 0.813. The fourth-order valence-corrected chi connectivity index (χ4v) is 2.22. The Morgan fingerprint density at radius 1 is 0.941 bits per heavy atom. The number of fused-ring (bicyclic) bond motifs is 1. The highest BCUT2D eigenvalue weighted by Gasteiger charge is 2.27. The van der Waals surface area contributed by atoms with Crippen LogP contribution in [0.2, 0.25) is 0 Å². The van der Waals surface area contributed by atoms with E-state index in [0.29, 0.717) is 5.05 Å². The maximum atomic E-state index is 5.66. The minimum absolute atomic E-state index is 0.180. The maximum Gasteiger partial charge on any atom is 0.198 e. The van der Waals surface area contributed by atoms with E-state index in [9.17, 15) is 0 Å². The van der Waals surface area contributed by atoms with Crippen molar-refractivity contribution in [2.45, 2.75) is 6.23 Å². The average Bonchev–Trinajstić information content (AvgIpc) is 2.69. The topological polar surface area (TPSA) is 21.3 Å². The molecule has 1 atom stereocenters. The molecule has 0 aromatic heterocycles. The number of thiocarbonyl (C=S) groups is 1. The molecule has 2 aromatic carbocycles. The number of anilines is 1. The lowest BCUT2D eigenvalue weighted by molar-refractivity contribution is 0.247. The van der Waals surface area contributed by atoms with E-state index in [1.54, 1.807) is 0 Å². The van der Waals surface area contributed by atoms with Crippen LogP contribution in [0, 0.1) is 0 Å². The van der Waals surface area contributed by atoms with Gasteiger partial charge < -0.3 is 10.1 Å². The number of ether oxygens (including phenoxy) is 1. The van der Waals surface area contributed by atoms with Crippen molar-refractivity contribution in [1.29, 1.82) is 0 Å². The van der Waals surface area contributed by atoms with E-state index in [1.165, 1.54) is 0 Å². The van der Waals surface area contributed by atoms with Crippen molar-refractivity contribution >= 4 is 23.0 Å². The van der Waals surface area contributed by atoms with Gasteiger partial charge in [0.25, 0.3) is 0 Å². The van der Waals surface area contributed by atoms with Gasteiger partial charge in [0.15, 0.2) is 11.3 Å². The zero-order valence-electron chi connectivity index (χ0n) is 9.09. The van der Waals surface area contributed by atoms with Crippen LogP contribution in [0.25, 0.3) is 0 Å². The standard InChI is InChI=1S/C14H11NOS/c17-14-12-9-5-4-8-11(12)13(16-14)15-10-6-2-1-3-7-10/h1-9,13,15H. The summed E-state index contributed by atoms with van der Waals surface area (Å²) < 4.78 is 5.66. The summed E-state index contributed by atoms with van der Waals surface area (Å²) in [4.78, 5) is 0. The molecule has 0 fully saturated rings. The molecule has 0 radical (unpaired) electrons. The van der Waals surface area contributed by atoms with Gasteiger partial charge in [-0.2, -0.15) is 0 Å². The van der Waals surface area contributed by atoms with Crippen molar-refractivity contribution in [1.82, 2.24) is 0 Å². The highest BCUT2D eigenvalue weighted by atomic mass is 32.1. The summed E-state index contributed by atoms with van der Waals surface area (Å²) >= 11 is 5.20. The van der Waals surface area contributed by atoms with Crippen molar-refractivity contribution in [2.24, 2.45) is 0 Å². The molecule has 3 rings (SSSR count). The predicted molar refractivity (Wildman–Crippen MR) is 72.0 cm³/mol. The molecule has 2 nitrogen and oxygen atoms in total. The Labute approximate surface area is 105 Å². The number of hydrogen-bond donors (Lipinski definition) is 1. The number of hydrogen-bond acceptors (Lipinski definition) is 3. The SMILES string of the molecule is S=C1OC(Nc2ccccc2)c2ccccc21. The molecule has 1 N–H and O–H groups in total. The molecule has 3 heteroatoms. The van der Waals surface area contributed by atoms with Crippen molar-refractivity contribution < 1.29 is 4.74 Å². The van der Waals surface area contributed by atoms with Crippen LogP contribution in [0.5, 0.6) is 0 Å². The zero-order valence-corrected chi connectivity index (χ0v) is 9.91. The van der Waals surface area contributed by atoms with Crippen LogP contribution in [0.3, 0.4) is 0 Å². The van der Waals surface area contributed by atoms with E-state index in [4.69, 9.17) is 17.0 Å². The first-order chi connectivity index (χ1) is 8.34. The number of nitrogens with one attached hydrogen (secondary N) is 1. The highest BCUT2D eigenvalue weighted by Crippen LogP contribution is 2.31. The Bertz CT molecular complexity index is 553. The largest absolute Gasteiger partial charge is 0.455 e. The van der Waals surface area contributed by atoms with Gasteiger partial charge in [-0.15, -0.1) is 0 Å². The Hall–Kier alpha value is -1.87. The van der Waals surface area contributed by atoms with Crippen molar-refractivity contribution in [3.05, 3.63) is 65.7 Å². The summed E-state index contributed by atoms with van der Waals surface area (Å²) in [6.45, 7) is 0. The van der Waals surface area contributed by atoms with Gasteiger partial charge >= 0.3 is 0 Å². The molecule has 0 amide bonds. The first kappa shape index (κ1) is 10.3. The second-order valence-electron chi connectivity index (χ2n) is 3.88. The number of rotatable bonds is 2. The van der Waals surface area contributed by atoms with Gasteiger partial charge in [-0.3, -0.25) is 0 Å².